The van der Waals surface area contributed by atoms with Gasteiger partial charge >= 0.3 is 0 Å². The number of ether oxygens (including phenoxy) is 4. The molecule has 0 heterocycles. The Morgan fingerprint density at radius 3 is 1.12 bits per heavy atom. The van der Waals surface area contributed by atoms with Crippen molar-refractivity contribution in [3.05, 3.63) is 0 Å². The summed E-state index contributed by atoms with van der Waals surface area (Å²) in [6.07, 6.45) is -0.163. The molecule has 0 N–H and O–H groups in total. The Morgan fingerprint density at radius 2 is 0.882 bits per heavy atom. The molecule has 0 saturated heterocycles. The summed E-state index contributed by atoms with van der Waals surface area (Å²) in [5.74, 6) is 0.462. The number of hydrogen-bond donors (Lipinski definition) is 0. The largest absolute Gasteiger partial charge is 0.416 e. The van der Waals surface area contributed by atoms with Crippen molar-refractivity contribution < 1.29 is 27.8 Å². The Labute approximate surface area is 214 Å². The van der Waals surface area contributed by atoms with Crippen molar-refractivity contribution in [3.8, 4) is 0 Å². The quantitative estimate of drug-likeness (QED) is 0.162. The Morgan fingerprint density at radius 1 is 0.588 bits per heavy atom. The average Bonchev–Trinajstić information content (AvgIpc) is 2.69. The number of hydrogen-bond acceptors (Lipinski definition) is 6. The predicted molar refractivity (Wildman–Crippen MR) is 147 cm³/mol. The van der Waals surface area contributed by atoms with Crippen LogP contribution in [0, 0.1) is 17.8 Å². The van der Waals surface area contributed by atoms with Gasteiger partial charge in [-0.15, -0.1) is 0 Å². The van der Waals surface area contributed by atoms with Gasteiger partial charge in [-0.1, -0.05) is 62.3 Å². The van der Waals surface area contributed by atoms with Gasteiger partial charge in [0.2, 0.25) is 0 Å². The Hall–Kier alpha value is 0.194. The highest BCUT2D eigenvalue weighted by Crippen LogP contribution is 2.39. The molecule has 8 heteroatoms. The highest BCUT2D eigenvalue weighted by Gasteiger charge is 2.41. The number of rotatable bonds is 16. The molecular weight excluding hydrogens is 464 g/mol. The smallest absolute Gasteiger partial charge is 0.191 e. The van der Waals surface area contributed by atoms with Gasteiger partial charge in [-0.2, -0.15) is 0 Å². The van der Waals surface area contributed by atoms with E-state index in [-0.39, 0.29) is 53.6 Å². The van der Waals surface area contributed by atoms with Crippen molar-refractivity contribution >= 4 is 16.6 Å². The van der Waals surface area contributed by atoms with E-state index in [0.717, 1.165) is 0 Å². The first-order valence-electron chi connectivity index (χ1n) is 12.8. The Kier molecular flexibility index (Phi) is 14.3. The molecule has 4 atom stereocenters. The lowest BCUT2D eigenvalue weighted by molar-refractivity contribution is -0.167. The van der Waals surface area contributed by atoms with E-state index < -0.39 is 16.6 Å². The van der Waals surface area contributed by atoms with Crippen molar-refractivity contribution in [2.75, 3.05) is 41.0 Å². The highest BCUT2D eigenvalue weighted by atomic mass is 28.4. The lowest BCUT2D eigenvalue weighted by Crippen LogP contribution is -2.47. The SMILES string of the molecule is COCO[C@H](C(C)[C@@H](OCOC)[C@H](C)CO[Si](C)(C)C(C)(C)C)[C@H](C)CO[Si](C)(C)C(C)(C)C. The third-order valence-electron chi connectivity index (χ3n) is 7.94. The molecule has 206 valence electrons. The molecule has 0 aromatic heterocycles. The lowest BCUT2D eigenvalue weighted by atomic mass is 9.84. The monoisotopic (exact) mass is 522 g/mol. The second kappa shape index (κ2) is 14.2. The second-order valence-electron chi connectivity index (χ2n) is 13.0. The minimum atomic E-state index is -1.85. The Balaban J connectivity index is 5.60. The number of methoxy groups -OCH3 is 2. The average molecular weight is 523 g/mol. The van der Waals surface area contributed by atoms with E-state index >= 15 is 0 Å². The fourth-order valence-electron chi connectivity index (χ4n) is 3.45. The Bertz CT molecular complexity index is 508. The van der Waals surface area contributed by atoms with Crippen LogP contribution in [0.25, 0.3) is 0 Å². The van der Waals surface area contributed by atoms with Crippen LogP contribution in [0.2, 0.25) is 36.3 Å². The summed E-state index contributed by atoms with van der Waals surface area (Å²) in [5.41, 5.74) is 0. The molecule has 6 nitrogen and oxygen atoms in total. The lowest BCUT2D eigenvalue weighted by Gasteiger charge is -2.41. The van der Waals surface area contributed by atoms with Crippen LogP contribution in [0.15, 0.2) is 0 Å². The maximum atomic E-state index is 6.55. The third kappa shape index (κ3) is 10.7. The molecule has 0 radical (unpaired) electrons. The van der Waals surface area contributed by atoms with Crippen LogP contribution in [0.5, 0.6) is 0 Å². The van der Waals surface area contributed by atoms with E-state index in [4.69, 9.17) is 27.8 Å². The van der Waals surface area contributed by atoms with Gasteiger partial charge in [0.05, 0.1) is 12.2 Å². The summed E-state index contributed by atoms with van der Waals surface area (Å²) in [6.45, 7) is 31.2. The van der Waals surface area contributed by atoms with Gasteiger partial charge in [0.1, 0.15) is 13.6 Å². The normalized spacial score (nSPS) is 17.6. The highest BCUT2D eigenvalue weighted by molar-refractivity contribution is 6.74. The van der Waals surface area contributed by atoms with Crippen molar-refractivity contribution in [2.24, 2.45) is 17.8 Å². The van der Waals surface area contributed by atoms with E-state index in [9.17, 15) is 0 Å². The predicted octanol–water partition coefficient (Wildman–Crippen LogP) is 6.92. The van der Waals surface area contributed by atoms with E-state index in [1.54, 1.807) is 14.2 Å². The van der Waals surface area contributed by atoms with Gasteiger partial charge < -0.3 is 27.8 Å². The van der Waals surface area contributed by atoms with Crippen LogP contribution in [0.3, 0.4) is 0 Å². The summed E-state index contributed by atoms with van der Waals surface area (Å²) in [7, 11) is -0.390. The first kappa shape index (κ1) is 34.2. The summed E-state index contributed by atoms with van der Waals surface area (Å²) in [6, 6.07) is 0. The molecule has 0 saturated carbocycles. The zero-order valence-electron chi connectivity index (χ0n) is 25.2. The van der Waals surface area contributed by atoms with Gasteiger partial charge in [-0.3, -0.25) is 0 Å². The van der Waals surface area contributed by atoms with Crippen LogP contribution >= 0.6 is 0 Å². The van der Waals surface area contributed by atoms with E-state index in [1.165, 1.54) is 0 Å². The van der Waals surface area contributed by atoms with Crippen LogP contribution in [0.1, 0.15) is 62.3 Å². The van der Waals surface area contributed by atoms with E-state index in [2.05, 4.69) is 88.5 Å². The summed E-state index contributed by atoms with van der Waals surface area (Å²) < 4.78 is 36.1. The molecule has 0 aliphatic carbocycles. The zero-order chi connectivity index (χ0) is 27.0. The van der Waals surface area contributed by atoms with Gasteiger partial charge in [-0.05, 0) is 36.3 Å². The molecular formula is C26H58O6Si2. The first-order chi connectivity index (χ1) is 15.3. The molecule has 0 aliphatic rings. The molecule has 0 bridgehead atoms. The second-order valence-corrected chi connectivity index (χ2v) is 22.7. The zero-order valence-corrected chi connectivity index (χ0v) is 27.2. The summed E-state index contributed by atoms with van der Waals surface area (Å²) in [5, 5.41) is 0.335. The summed E-state index contributed by atoms with van der Waals surface area (Å²) in [4.78, 5) is 0. The van der Waals surface area contributed by atoms with E-state index in [0.29, 0.717) is 13.2 Å². The van der Waals surface area contributed by atoms with Gasteiger partial charge in [0.15, 0.2) is 16.6 Å². The van der Waals surface area contributed by atoms with Crippen molar-refractivity contribution in [1.29, 1.82) is 0 Å². The fourth-order valence-corrected chi connectivity index (χ4v) is 5.68. The molecule has 0 amide bonds. The molecule has 0 aliphatic heterocycles. The molecule has 0 aromatic rings. The van der Waals surface area contributed by atoms with Crippen molar-refractivity contribution in [2.45, 2.75) is 111 Å². The van der Waals surface area contributed by atoms with Crippen LogP contribution in [-0.4, -0.2) is 69.9 Å². The van der Waals surface area contributed by atoms with Crippen molar-refractivity contribution in [1.82, 2.24) is 0 Å². The van der Waals surface area contributed by atoms with Crippen LogP contribution in [0.4, 0.5) is 0 Å². The molecule has 0 fully saturated rings. The van der Waals surface area contributed by atoms with Gasteiger partial charge in [0, 0.05) is 45.2 Å². The minimum absolute atomic E-state index is 0.0816. The van der Waals surface area contributed by atoms with Gasteiger partial charge in [-0.25, -0.2) is 0 Å². The summed E-state index contributed by atoms with van der Waals surface area (Å²) >= 11 is 0. The van der Waals surface area contributed by atoms with Crippen LogP contribution in [-0.2, 0) is 27.8 Å². The molecule has 0 rings (SSSR count). The topological polar surface area (TPSA) is 55.4 Å². The first-order valence-corrected chi connectivity index (χ1v) is 18.6. The van der Waals surface area contributed by atoms with Gasteiger partial charge in [0.25, 0.3) is 0 Å². The van der Waals surface area contributed by atoms with Crippen molar-refractivity contribution in [3.63, 3.8) is 0 Å². The van der Waals surface area contributed by atoms with E-state index in [1.807, 2.05) is 0 Å². The maximum Gasteiger partial charge on any atom is 0.191 e. The molecule has 0 aromatic carbocycles. The molecule has 34 heavy (non-hydrogen) atoms. The fraction of sp³-hybridized carbons (Fsp3) is 1.00. The minimum Gasteiger partial charge on any atom is -0.416 e. The third-order valence-corrected chi connectivity index (χ3v) is 16.9. The molecule has 0 unspecified atom stereocenters. The van der Waals surface area contributed by atoms with Crippen LogP contribution < -0.4 is 0 Å². The standard InChI is InChI=1S/C26H58O6Si2/c1-20(16-31-33(12,13)25(4,5)6)23(29-18-27-10)22(3)24(30-19-28-11)21(2)17-32-34(14,15)26(7,8)9/h20-24H,16-19H2,1-15H3/t20-,21-,23+,24+/m1/s1. The maximum absolute atomic E-state index is 6.55. The molecule has 0 spiro atoms.